The molecule has 8 nitrogen and oxygen atoms in total. The average molecular weight is 504 g/mol. The topological polar surface area (TPSA) is 92.6 Å². The smallest absolute Gasteiger partial charge is 0.318 e. The molecule has 0 amide bonds. The van der Waals surface area contributed by atoms with E-state index in [1.807, 2.05) is 0 Å². The standard InChI is InChI=1S/C27H23F2N5O3/c1-4-17-19(28)8-5-13-9-16(35)10-18(20(13)17)23-22(29)24-21(26(31-23)36-2)25(33-27(32-24)37-3)34-11-14-6-7-15(12-34)30-14/h1,5,8-10,14-15,30,35H,6-7,11-12H2,2-3H3. The van der Waals surface area contributed by atoms with Crippen LogP contribution in [0, 0.1) is 24.0 Å². The van der Waals surface area contributed by atoms with E-state index in [-0.39, 0.29) is 45.4 Å². The lowest BCUT2D eigenvalue weighted by atomic mass is 9.95. The molecule has 4 heterocycles. The first-order chi connectivity index (χ1) is 17.9. The third-order valence-electron chi connectivity index (χ3n) is 7.06. The van der Waals surface area contributed by atoms with Gasteiger partial charge in [-0.25, -0.2) is 13.8 Å². The Morgan fingerprint density at radius 1 is 1.05 bits per heavy atom. The number of phenolic OH excluding ortho intramolecular Hbond substituents is 1. The number of hydrogen-bond donors (Lipinski definition) is 2. The van der Waals surface area contributed by atoms with E-state index >= 15 is 4.39 Å². The van der Waals surface area contributed by atoms with E-state index in [4.69, 9.17) is 15.9 Å². The van der Waals surface area contributed by atoms with Gasteiger partial charge in [-0.3, -0.25) is 0 Å². The first kappa shape index (κ1) is 23.2. The van der Waals surface area contributed by atoms with E-state index in [0.29, 0.717) is 41.8 Å². The van der Waals surface area contributed by atoms with Crippen LogP contribution < -0.4 is 19.7 Å². The maximum atomic E-state index is 16.4. The van der Waals surface area contributed by atoms with Gasteiger partial charge in [0.15, 0.2) is 5.82 Å². The Bertz CT molecular complexity index is 1610. The Kier molecular flexibility index (Phi) is 5.46. The number of pyridine rings is 1. The number of piperazine rings is 1. The predicted molar refractivity (Wildman–Crippen MR) is 135 cm³/mol. The van der Waals surface area contributed by atoms with Crippen LogP contribution in [0.3, 0.4) is 0 Å². The Labute approximate surface area is 211 Å². The van der Waals surface area contributed by atoms with Crippen LogP contribution in [-0.4, -0.2) is 59.5 Å². The highest BCUT2D eigenvalue weighted by atomic mass is 19.1. The van der Waals surface area contributed by atoms with Gasteiger partial charge in [-0.15, -0.1) is 6.42 Å². The first-order valence-electron chi connectivity index (χ1n) is 11.8. The van der Waals surface area contributed by atoms with Crippen molar-refractivity contribution < 1.29 is 23.4 Å². The molecule has 0 aliphatic carbocycles. The zero-order valence-corrected chi connectivity index (χ0v) is 20.2. The Morgan fingerprint density at radius 2 is 1.81 bits per heavy atom. The maximum absolute atomic E-state index is 16.4. The van der Waals surface area contributed by atoms with E-state index in [2.05, 4.69) is 31.1 Å². The predicted octanol–water partition coefficient (Wildman–Crippen LogP) is 3.77. The van der Waals surface area contributed by atoms with Crippen molar-refractivity contribution in [2.24, 2.45) is 0 Å². The molecule has 2 aromatic heterocycles. The second kappa shape index (κ2) is 8.71. The third kappa shape index (κ3) is 3.65. The molecular formula is C27H23F2N5O3. The number of rotatable bonds is 4. The van der Waals surface area contributed by atoms with Gasteiger partial charge in [0.1, 0.15) is 34.0 Å². The quantitative estimate of drug-likeness (QED) is 0.407. The van der Waals surface area contributed by atoms with Gasteiger partial charge in [0.05, 0.1) is 19.8 Å². The molecule has 4 aromatic rings. The van der Waals surface area contributed by atoms with E-state index in [9.17, 15) is 9.50 Å². The second-order valence-electron chi connectivity index (χ2n) is 9.24. The summed E-state index contributed by atoms with van der Waals surface area (Å²) in [5.74, 6) is 1.30. The van der Waals surface area contributed by atoms with E-state index in [1.54, 1.807) is 0 Å². The summed E-state index contributed by atoms with van der Waals surface area (Å²) in [4.78, 5) is 15.4. The number of nitrogens with zero attached hydrogens (tertiary/aromatic N) is 4. The maximum Gasteiger partial charge on any atom is 0.318 e. The molecule has 37 heavy (non-hydrogen) atoms. The van der Waals surface area contributed by atoms with Gasteiger partial charge in [-0.05, 0) is 36.4 Å². The Hall–Kier alpha value is -4.23. The largest absolute Gasteiger partial charge is 0.508 e. The van der Waals surface area contributed by atoms with Gasteiger partial charge < -0.3 is 24.8 Å². The van der Waals surface area contributed by atoms with Gasteiger partial charge in [-0.1, -0.05) is 12.0 Å². The minimum absolute atomic E-state index is 0.0115. The Morgan fingerprint density at radius 3 is 2.49 bits per heavy atom. The van der Waals surface area contributed by atoms with Gasteiger partial charge in [0.25, 0.3) is 0 Å². The second-order valence-corrected chi connectivity index (χ2v) is 9.24. The van der Waals surface area contributed by atoms with Crippen molar-refractivity contribution in [3.63, 3.8) is 0 Å². The van der Waals surface area contributed by atoms with Gasteiger partial charge in [0.2, 0.25) is 5.88 Å². The summed E-state index contributed by atoms with van der Waals surface area (Å²) in [6.45, 7) is 1.36. The highest BCUT2D eigenvalue weighted by molar-refractivity contribution is 6.04. The molecule has 0 saturated carbocycles. The highest BCUT2D eigenvalue weighted by Crippen LogP contribution is 2.42. The molecular weight excluding hydrogens is 480 g/mol. The number of halogens is 2. The molecule has 2 unspecified atom stereocenters. The molecule has 2 saturated heterocycles. The van der Waals surface area contributed by atoms with Crippen LogP contribution in [0.15, 0.2) is 24.3 Å². The number of aromatic nitrogens is 3. The molecule has 10 heteroatoms. The summed E-state index contributed by atoms with van der Waals surface area (Å²) >= 11 is 0. The van der Waals surface area contributed by atoms with Crippen molar-refractivity contribution in [3.8, 4) is 41.2 Å². The fourth-order valence-electron chi connectivity index (χ4n) is 5.47. The molecule has 2 N–H and O–H groups in total. The van der Waals surface area contributed by atoms with Gasteiger partial charge in [0, 0.05) is 36.1 Å². The minimum atomic E-state index is -0.796. The molecule has 0 spiro atoms. The summed E-state index contributed by atoms with van der Waals surface area (Å²) in [5, 5.41) is 15.0. The van der Waals surface area contributed by atoms with Crippen LogP contribution in [0.25, 0.3) is 32.9 Å². The van der Waals surface area contributed by atoms with Crippen molar-refractivity contribution >= 4 is 27.5 Å². The molecule has 0 radical (unpaired) electrons. The lowest BCUT2D eigenvalue weighted by Gasteiger charge is -2.34. The van der Waals surface area contributed by atoms with Crippen molar-refractivity contribution in [2.45, 2.75) is 24.9 Å². The summed E-state index contributed by atoms with van der Waals surface area (Å²) in [6.07, 6.45) is 7.71. The zero-order valence-electron chi connectivity index (χ0n) is 20.2. The molecule has 188 valence electrons. The third-order valence-corrected chi connectivity index (χ3v) is 7.06. The van der Waals surface area contributed by atoms with Crippen molar-refractivity contribution in [3.05, 3.63) is 41.5 Å². The van der Waals surface area contributed by atoms with Crippen LogP contribution in [0.1, 0.15) is 18.4 Å². The van der Waals surface area contributed by atoms with Crippen LogP contribution in [0.2, 0.25) is 0 Å². The number of fused-ring (bicyclic) bond motifs is 4. The van der Waals surface area contributed by atoms with Crippen LogP contribution in [0.5, 0.6) is 17.6 Å². The van der Waals surface area contributed by atoms with Gasteiger partial charge >= 0.3 is 6.01 Å². The zero-order chi connectivity index (χ0) is 25.8. The summed E-state index contributed by atoms with van der Waals surface area (Å²) in [6, 6.07) is 5.98. The number of terminal acetylenes is 1. The van der Waals surface area contributed by atoms with Crippen molar-refractivity contribution in [1.82, 2.24) is 20.3 Å². The monoisotopic (exact) mass is 503 g/mol. The van der Waals surface area contributed by atoms with Crippen LogP contribution in [-0.2, 0) is 0 Å². The number of anilines is 1. The van der Waals surface area contributed by atoms with Crippen molar-refractivity contribution in [2.75, 3.05) is 32.2 Å². The van der Waals surface area contributed by atoms with E-state index in [0.717, 1.165) is 12.8 Å². The first-order valence-corrected chi connectivity index (χ1v) is 11.8. The number of benzene rings is 2. The van der Waals surface area contributed by atoms with Crippen LogP contribution in [0.4, 0.5) is 14.6 Å². The molecule has 2 fully saturated rings. The van der Waals surface area contributed by atoms with Crippen molar-refractivity contribution in [1.29, 1.82) is 0 Å². The number of phenols is 1. The molecule has 6 rings (SSSR count). The SMILES string of the molecule is C#Cc1c(F)ccc2cc(O)cc(-c3nc(OC)c4c(N5CC6CCC(C5)N6)nc(OC)nc4c3F)c12. The lowest BCUT2D eigenvalue weighted by Crippen LogP contribution is -2.51. The number of methoxy groups -OCH3 is 2. The van der Waals surface area contributed by atoms with E-state index < -0.39 is 11.6 Å². The summed E-state index contributed by atoms with van der Waals surface area (Å²) in [5.41, 5.74) is -0.214. The number of aromatic hydroxyl groups is 1. The molecule has 2 atom stereocenters. The fourth-order valence-corrected chi connectivity index (χ4v) is 5.47. The molecule has 2 bridgehead atoms. The molecule has 2 aliphatic rings. The van der Waals surface area contributed by atoms with Gasteiger partial charge in [-0.2, -0.15) is 9.97 Å². The molecule has 2 aliphatic heterocycles. The lowest BCUT2D eigenvalue weighted by molar-refractivity contribution is 0.378. The van der Waals surface area contributed by atoms with Crippen LogP contribution >= 0.6 is 0 Å². The van der Waals surface area contributed by atoms with E-state index in [1.165, 1.54) is 38.5 Å². The average Bonchev–Trinajstić information content (AvgIpc) is 3.25. The summed E-state index contributed by atoms with van der Waals surface area (Å²) < 4.78 is 42.0. The molecule has 2 aromatic carbocycles. The summed E-state index contributed by atoms with van der Waals surface area (Å²) in [7, 11) is 2.83. The minimum Gasteiger partial charge on any atom is -0.508 e. The Balaban J connectivity index is 1.66. The number of nitrogens with one attached hydrogen (secondary N) is 1. The highest BCUT2D eigenvalue weighted by Gasteiger charge is 2.35. The number of hydrogen-bond acceptors (Lipinski definition) is 8. The number of ether oxygens (including phenoxy) is 2. The fraction of sp³-hybridized carbons (Fsp3) is 0.296. The normalized spacial score (nSPS) is 18.8.